The normalized spacial score (nSPS) is 16.6. The molecule has 5 heteroatoms. The molecule has 5 nitrogen and oxygen atoms in total. The second-order valence-electron chi connectivity index (χ2n) is 10.1. The zero-order chi connectivity index (χ0) is 27.2. The Bertz CT molecular complexity index is 1530. The van der Waals surface area contributed by atoms with Crippen molar-refractivity contribution in [1.29, 1.82) is 0 Å². The van der Waals surface area contributed by atoms with E-state index in [-0.39, 0.29) is 17.4 Å². The highest BCUT2D eigenvalue weighted by Gasteiger charge is 2.54. The number of phenolic OH excluding ortho intramolecular Hbond substituents is 2. The summed E-state index contributed by atoms with van der Waals surface area (Å²) < 4.78 is 5.48. The molecule has 0 saturated carbocycles. The average Bonchev–Trinajstić information content (AvgIpc) is 3.18. The summed E-state index contributed by atoms with van der Waals surface area (Å²) in [6, 6.07) is 23.1. The Morgan fingerprint density at radius 1 is 0.816 bits per heavy atom. The van der Waals surface area contributed by atoms with Crippen molar-refractivity contribution in [3.8, 4) is 17.2 Å². The van der Waals surface area contributed by atoms with Crippen LogP contribution in [-0.4, -0.2) is 23.2 Å². The van der Waals surface area contributed by atoms with Gasteiger partial charge in [-0.15, -0.1) is 0 Å². The number of carbonyl (C=O) groups excluding carboxylic acids is 1. The van der Waals surface area contributed by atoms with Crippen molar-refractivity contribution in [2.24, 2.45) is 0 Å². The second kappa shape index (κ2) is 9.56. The van der Waals surface area contributed by atoms with E-state index in [0.29, 0.717) is 29.0 Å². The van der Waals surface area contributed by atoms with Crippen LogP contribution in [0.15, 0.2) is 72.8 Å². The highest BCUT2D eigenvalue weighted by atomic mass is 16.5. The standard InChI is InChI=1S/C33H33NO4/c1-6-10-23-18-25(17-22(4)31(23)36)33(24-15-20(2)30(35)21(3)16-24)28-13-7-8-14-29(28)34(32(33)37)26-11-9-12-27(19-26)38-5/h7-9,11-19,35-36H,6,10H2,1-5H3. The van der Waals surface area contributed by atoms with E-state index in [4.69, 9.17) is 4.74 Å². The molecule has 0 aliphatic carbocycles. The molecule has 5 rings (SSSR count). The Morgan fingerprint density at radius 2 is 1.45 bits per heavy atom. The van der Waals surface area contributed by atoms with Crippen molar-refractivity contribution in [1.82, 2.24) is 0 Å². The lowest BCUT2D eigenvalue weighted by Crippen LogP contribution is -2.40. The molecule has 4 aromatic rings. The minimum atomic E-state index is -1.19. The topological polar surface area (TPSA) is 70.0 Å². The number of phenols is 2. The van der Waals surface area contributed by atoms with Crippen LogP contribution in [-0.2, 0) is 16.6 Å². The number of aromatic hydroxyl groups is 2. The number of aryl methyl sites for hydroxylation is 4. The van der Waals surface area contributed by atoms with E-state index in [1.54, 1.807) is 12.0 Å². The number of rotatable bonds is 6. The van der Waals surface area contributed by atoms with Gasteiger partial charge in [-0.25, -0.2) is 0 Å². The van der Waals surface area contributed by atoms with Gasteiger partial charge < -0.3 is 14.9 Å². The number of anilines is 2. The summed E-state index contributed by atoms with van der Waals surface area (Å²) >= 11 is 0. The van der Waals surface area contributed by atoms with Gasteiger partial charge in [-0.2, -0.15) is 0 Å². The van der Waals surface area contributed by atoms with E-state index < -0.39 is 5.41 Å². The zero-order valence-electron chi connectivity index (χ0n) is 22.5. The molecule has 2 N–H and O–H groups in total. The third-order valence-electron chi connectivity index (χ3n) is 7.64. The Kier molecular flexibility index (Phi) is 6.39. The van der Waals surface area contributed by atoms with Crippen LogP contribution in [0, 0.1) is 20.8 Å². The van der Waals surface area contributed by atoms with E-state index in [9.17, 15) is 10.2 Å². The molecule has 0 radical (unpaired) electrons. The molecule has 1 atom stereocenters. The summed E-state index contributed by atoms with van der Waals surface area (Å²) in [6.07, 6.45) is 1.56. The molecule has 1 aliphatic rings. The quantitative estimate of drug-likeness (QED) is 0.295. The summed E-state index contributed by atoms with van der Waals surface area (Å²) in [7, 11) is 1.61. The van der Waals surface area contributed by atoms with Crippen molar-refractivity contribution in [3.63, 3.8) is 0 Å². The van der Waals surface area contributed by atoms with E-state index in [0.717, 1.165) is 39.9 Å². The van der Waals surface area contributed by atoms with Gasteiger partial charge in [0.1, 0.15) is 22.7 Å². The third kappa shape index (κ3) is 3.73. The van der Waals surface area contributed by atoms with Gasteiger partial charge in [0.25, 0.3) is 5.91 Å². The highest BCUT2D eigenvalue weighted by molar-refractivity contribution is 6.17. The number of carbonyl (C=O) groups is 1. The number of nitrogens with zero attached hydrogens (tertiary/aromatic N) is 1. The Balaban J connectivity index is 1.90. The first kappa shape index (κ1) is 25.4. The molecule has 0 fully saturated rings. The van der Waals surface area contributed by atoms with Crippen molar-refractivity contribution in [2.75, 3.05) is 12.0 Å². The smallest absolute Gasteiger partial charge is 0.251 e. The lowest BCUT2D eigenvalue weighted by molar-refractivity contribution is -0.120. The van der Waals surface area contributed by atoms with Gasteiger partial charge >= 0.3 is 0 Å². The SMILES string of the molecule is CCCc1cc(C2(c3cc(C)c(O)c(C)c3)C(=O)N(c3cccc(OC)c3)c3ccccc32)cc(C)c1O. The van der Waals surface area contributed by atoms with Crippen molar-refractivity contribution in [3.05, 3.63) is 112 Å². The highest BCUT2D eigenvalue weighted by Crippen LogP contribution is 2.54. The third-order valence-corrected chi connectivity index (χ3v) is 7.64. The molecule has 0 saturated heterocycles. The maximum absolute atomic E-state index is 15.0. The van der Waals surface area contributed by atoms with Crippen molar-refractivity contribution >= 4 is 17.3 Å². The number of para-hydroxylation sites is 1. The van der Waals surface area contributed by atoms with Gasteiger partial charge in [0.15, 0.2) is 0 Å². The molecule has 0 spiro atoms. The Hall–Kier alpha value is -4.25. The lowest BCUT2D eigenvalue weighted by atomic mass is 9.68. The summed E-state index contributed by atoms with van der Waals surface area (Å²) in [5.74, 6) is 1.03. The fourth-order valence-corrected chi connectivity index (χ4v) is 5.81. The Morgan fingerprint density at radius 3 is 2.11 bits per heavy atom. The summed E-state index contributed by atoms with van der Waals surface area (Å²) in [5, 5.41) is 21.5. The second-order valence-corrected chi connectivity index (χ2v) is 10.1. The molecule has 1 unspecified atom stereocenters. The van der Waals surface area contributed by atoms with Crippen LogP contribution in [0.5, 0.6) is 17.2 Å². The van der Waals surface area contributed by atoms with Crippen LogP contribution in [0.25, 0.3) is 0 Å². The molecule has 194 valence electrons. The number of hydrogen-bond acceptors (Lipinski definition) is 4. The lowest BCUT2D eigenvalue weighted by Gasteiger charge is -2.32. The summed E-state index contributed by atoms with van der Waals surface area (Å²) in [4.78, 5) is 16.8. The van der Waals surface area contributed by atoms with Gasteiger partial charge in [-0.05, 0) is 78.8 Å². The van der Waals surface area contributed by atoms with Crippen LogP contribution >= 0.6 is 0 Å². The predicted molar refractivity (Wildman–Crippen MR) is 151 cm³/mol. The number of hydrogen-bond donors (Lipinski definition) is 2. The van der Waals surface area contributed by atoms with E-state index in [1.165, 1.54) is 0 Å². The van der Waals surface area contributed by atoms with Crippen LogP contribution in [0.1, 0.15) is 52.3 Å². The van der Waals surface area contributed by atoms with Crippen LogP contribution in [0.2, 0.25) is 0 Å². The van der Waals surface area contributed by atoms with E-state index in [1.807, 2.05) is 93.6 Å². The van der Waals surface area contributed by atoms with Crippen LogP contribution in [0.3, 0.4) is 0 Å². The van der Waals surface area contributed by atoms with Crippen LogP contribution < -0.4 is 9.64 Å². The first-order valence-electron chi connectivity index (χ1n) is 13.0. The minimum absolute atomic E-state index is 0.121. The van der Waals surface area contributed by atoms with Gasteiger partial charge in [0.05, 0.1) is 18.5 Å². The molecule has 0 aromatic heterocycles. The number of methoxy groups -OCH3 is 1. The maximum atomic E-state index is 15.0. The molecular formula is C33H33NO4. The van der Waals surface area contributed by atoms with Gasteiger partial charge in [0.2, 0.25) is 0 Å². The molecule has 38 heavy (non-hydrogen) atoms. The first-order valence-corrected chi connectivity index (χ1v) is 13.0. The van der Waals surface area contributed by atoms with Crippen molar-refractivity contribution < 1.29 is 19.7 Å². The number of ether oxygens (including phenoxy) is 1. The van der Waals surface area contributed by atoms with Crippen molar-refractivity contribution in [2.45, 2.75) is 46.0 Å². The fraction of sp³-hybridized carbons (Fsp3) is 0.242. The van der Waals surface area contributed by atoms with E-state index in [2.05, 4.69) is 6.92 Å². The van der Waals surface area contributed by atoms with Crippen LogP contribution in [0.4, 0.5) is 11.4 Å². The predicted octanol–water partition coefficient (Wildman–Crippen LogP) is 7.00. The molecule has 1 aliphatic heterocycles. The summed E-state index contributed by atoms with van der Waals surface area (Å²) in [6.45, 7) is 7.67. The maximum Gasteiger partial charge on any atom is 0.251 e. The Labute approximate surface area is 224 Å². The van der Waals surface area contributed by atoms with Gasteiger partial charge in [-0.1, -0.05) is 61.9 Å². The largest absolute Gasteiger partial charge is 0.507 e. The molecule has 0 bridgehead atoms. The zero-order valence-corrected chi connectivity index (χ0v) is 22.5. The monoisotopic (exact) mass is 507 g/mol. The number of benzene rings is 4. The van der Waals surface area contributed by atoms with Gasteiger partial charge in [0, 0.05) is 11.6 Å². The minimum Gasteiger partial charge on any atom is -0.507 e. The number of amides is 1. The average molecular weight is 508 g/mol. The molecule has 1 amide bonds. The molecule has 1 heterocycles. The summed E-state index contributed by atoms with van der Waals surface area (Å²) in [5.41, 5.74) is 5.68. The number of fused-ring (bicyclic) bond motifs is 1. The van der Waals surface area contributed by atoms with Gasteiger partial charge in [-0.3, -0.25) is 9.69 Å². The molecular weight excluding hydrogens is 474 g/mol. The molecule has 4 aromatic carbocycles. The fourth-order valence-electron chi connectivity index (χ4n) is 5.81. The first-order chi connectivity index (χ1) is 18.2. The van der Waals surface area contributed by atoms with E-state index >= 15 is 4.79 Å².